The van der Waals surface area contributed by atoms with Gasteiger partial charge in [0.2, 0.25) is 0 Å². The maximum absolute atomic E-state index is 8.66. The minimum absolute atomic E-state index is 0.000980. The summed E-state index contributed by atoms with van der Waals surface area (Å²) in [5, 5.41) is 14.9. The molecule has 110 valence electrons. The third-order valence-corrected chi connectivity index (χ3v) is 2.93. The van der Waals surface area contributed by atoms with Gasteiger partial charge in [0.25, 0.3) is 0 Å². The van der Waals surface area contributed by atoms with E-state index in [0.29, 0.717) is 18.8 Å². The first-order valence-electron chi connectivity index (χ1n) is 6.47. The third-order valence-electron chi connectivity index (χ3n) is 2.93. The molecule has 21 heavy (non-hydrogen) atoms. The molecule has 6 nitrogen and oxygen atoms in total. The van der Waals surface area contributed by atoms with E-state index in [2.05, 4.69) is 15.5 Å². The zero-order valence-electron chi connectivity index (χ0n) is 11.8. The van der Waals surface area contributed by atoms with Gasteiger partial charge in [0.1, 0.15) is 5.69 Å². The van der Waals surface area contributed by atoms with Crippen molar-refractivity contribution < 1.29 is 9.94 Å². The quantitative estimate of drug-likeness (QED) is 0.326. The topological polar surface area (TPSA) is 92.8 Å². The van der Waals surface area contributed by atoms with Crippen LogP contribution in [0, 0.1) is 0 Å². The van der Waals surface area contributed by atoms with Gasteiger partial charge >= 0.3 is 0 Å². The predicted molar refractivity (Wildman–Crippen MR) is 81.2 cm³/mol. The average Bonchev–Trinajstić information content (AvgIpc) is 2.53. The van der Waals surface area contributed by atoms with Crippen LogP contribution in [0.5, 0.6) is 0 Å². The Morgan fingerprint density at radius 1 is 1.33 bits per heavy atom. The van der Waals surface area contributed by atoms with Crippen molar-refractivity contribution in [3.8, 4) is 0 Å². The van der Waals surface area contributed by atoms with E-state index in [1.807, 2.05) is 30.3 Å². The van der Waals surface area contributed by atoms with E-state index in [1.54, 1.807) is 19.4 Å². The maximum atomic E-state index is 8.66. The van der Waals surface area contributed by atoms with Crippen molar-refractivity contribution >= 4 is 11.5 Å². The van der Waals surface area contributed by atoms with Crippen LogP contribution in [0.4, 0.5) is 5.69 Å². The van der Waals surface area contributed by atoms with Crippen molar-refractivity contribution in [2.24, 2.45) is 10.9 Å². The molecule has 2 rings (SSSR count). The van der Waals surface area contributed by atoms with Crippen molar-refractivity contribution in [1.82, 2.24) is 4.98 Å². The molecule has 2 aromatic rings. The molecule has 0 fully saturated rings. The Morgan fingerprint density at radius 3 is 2.95 bits per heavy atom. The molecule has 0 aliphatic heterocycles. The van der Waals surface area contributed by atoms with Crippen LogP contribution in [0.3, 0.4) is 0 Å². The summed E-state index contributed by atoms with van der Waals surface area (Å²) in [5.41, 5.74) is 9.08. The molecule has 4 N–H and O–H groups in total. The molecule has 1 aromatic heterocycles. The summed E-state index contributed by atoms with van der Waals surface area (Å²) < 4.78 is 5.11. The second-order valence-electron chi connectivity index (χ2n) is 4.52. The Labute approximate surface area is 123 Å². The fourth-order valence-electron chi connectivity index (χ4n) is 1.92. The monoisotopic (exact) mass is 286 g/mol. The van der Waals surface area contributed by atoms with Gasteiger partial charge < -0.3 is 21.0 Å². The molecule has 0 atom stereocenters. The van der Waals surface area contributed by atoms with Crippen LogP contribution in [0.1, 0.15) is 16.8 Å². The number of anilines is 1. The van der Waals surface area contributed by atoms with E-state index in [-0.39, 0.29) is 5.84 Å². The molecule has 0 bridgehead atoms. The second kappa shape index (κ2) is 7.25. The highest BCUT2D eigenvalue weighted by atomic mass is 16.5. The van der Waals surface area contributed by atoms with Crippen LogP contribution in [-0.2, 0) is 17.9 Å². The number of ether oxygens (including phenoxy) is 1. The smallest absolute Gasteiger partial charge is 0.188 e. The number of methoxy groups -OCH3 is 1. The zero-order valence-corrected chi connectivity index (χ0v) is 11.8. The highest BCUT2D eigenvalue weighted by Crippen LogP contribution is 2.13. The van der Waals surface area contributed by atoms with Crippen molar-refractivity contribution in [1.29, 1.82) is 0 Å². The maximum Gasteiger partial charge on any atom is 0.188 e. The lowest BCUT2D eigenvalue weighted by Gasteiger charge is -2.09. The molecule has 1 heterocycles. The number of nitrogens with one attached hydrogen (secondary N) is 1. The van der Waals surface area contributed by atoms with Gasteiger partial charge in [0.15, 0.2) is 5.84 Å². The molecule has 0 spiro atoms. The van der Waals surface area contributed by atoms with Crippen molar-refractivity contribution in [3.63, 3.8) is 0 Å². The number of hydrogen-bond acceptors (Lipinski definition) is 5. The van der Waals surface area contributed by atoms with Gasteiger partial charge in [-0.3, -0.25) is 4.98 Å². The molecule has 1 aromatic carbocycles. The molecular weight excluding hydrogens is 268 g/mol. The minimum atomic E-state index is -0.000980. The van der Waals surface area contributed by atoms with E-state index in [9.17, 15) is 0 Å². The van der Waals surface area contributed by atoms with Crippen LogP contribution >= 0.6 is 0 Å². The van der Waals surface area contributed by atoms with E-state index < -0.39 is 0 Å². The Kier molecular flexibility index (Phi) is 5.11. The van der Waals surface area contributed by atoms with Gasteiger partial charge in [-0.2, -0.15) is 0 Å². The Bertz CT molecular complexity index is 629. The summed E-state index contributed by atoms with van der Waals surface area (Å²) in [6.45, 7) is 1.20. The summed E-state index contributed by atoms with van der Waals surface area (Å²) in [6.07, 6.45) is 1.63. The fourth-order valence-corrected chi connectivity index (χ4v) is 1.92. The molecule has 0 radical (unpaired) electrons. The van der Waals surface area contributed by atoms with Gasteiger partial charge in [-0.05, 0) is 35.4 Å². The highest BCUT2D eigenvalue weighted by Gasteiger charge is 2.02. The fraction of sp³-hybridized carbons (Fsp3) is 0.200. The molecule has 0 aliphatic rings. The van der Waals surface area contributed by atoms with E-state index in [4.69, 9.17) is 15.7 Å². The molecule has 0 amide bonds. The highest BCUT2D eigenvalue weighted by molar-refractivity contribution is 5.95. The third kappa shape index (κ3) is 4.19. The van der Waals surface area contributed by atoms with Crippen LogP contribution in [0.15, 0.2) is 47.8 Å². The van der Waals surface area contributed by atoms with E-state index in [0.717, 1.165) is 16.8 Å². The molecule has 6 heteroatoms. The Balaban J connectivity index is 2.04. The summed E-state index contributed by atoms with van der Waals surface area (Å²) in [4.78, 5) is 4.04. The Hall–Kier alpha value is -2.60. The van der Waals surface area contributed by atoms with Gasteiger partial charge in [0.05, 0.1) is 6.61 Å². The van der Waals surface area contributed by atoms with Crippen LogP contribution in [-0.4, -0.2) is 23.1 Å². The first kappa shape index (κ1) is 14.8. The van der Waals surface area contributed by atoms with Crippen LogP contribution in [0.2, 0.25) is 0 Å². The molecule has 0 saturated heterocycles. The first-order chi connectivity index (χ1) is 10.2. The van der Waals surface area contributed by atoms with Gasteiger partial charge in [0, 0.05) is 25.5 Å². The van der Waals surface area contributed by atoms with Gasteiger partial charge in [-0.15, -0.1) is 0 Å². The van der Waals surface area contributed by atoms with Gasteiger partial charge in [-0.25, -0.2) is 0 Å². The minimum Gasteiger partial charge on any atom is -0.409 e. The molecule has 0 saturated carbocycles. The predicted octanol–water partition coefficient (Wildman–Crippen LogP) is 1.93. The Morgan fingerprint density at radius 2 is 2.19 bits per heavy atom. The molecular formula is C15H18N4O2. The molecule has 0 aliphatic carbocycles. The molecule has 0 unspecified atom stereocenters. The van der Waals surface area contributed by atoms with Crippen molar-refractivity contribution in [3.05, 3.63) is 59.4 Å². The lowest BCUT2D eigenvalue weighted by atomic mass is 10.2. The number of aromatic nitrogens is 1. The summed E-state index contributed by atoms with van der Waals surface area (Å²) in [6, 6.07) is 11.7. The van der Waals surface area contributed by atoms with Crippen LogP contribution < -0.4 is 11.1 Å². The number of hydrogen-bond donors (Lipinski definition) is 3. The summed E-state index contributed by atoms with van der Waals surface area (Å²) in [5.74, 6) is -0.000980. The van der Waals surface area contributed by atoms with E-state index in [1.165, 1.54) is 0 Å². The number of amidine groups is 1. The number of nitrogens with two attached hydrogens (primary N) is 1. The summed E-state index contributed by atoms with van der Waals surface area (Å²) in [7, 11) is 1.67. The lowest BCUT2D eigenvalue weighted by Crippen LogP contribution is -2.15. The number of oxime groups is 1. The first-order valence-corrected chi connectivity index (χ1v) is 6.47. The number of rotatable bonds is 6. The largest absolute Gasteiger partial charge is 0.409 e. The van der Waals surface area contributed by atoms with Crippen molar-refractivity contribution in [2.75, 3.05) is 12.4 Å². The average molecular weight is 286 g/mol. The summed E-state index contributed by atoms with van der Waals surface area (Å²) >= 11 is 0. The lowest BCUT2D eigenvalue weighted by molar-refractivity contribution is 0.185. The SMILES string of the molecule is COCc1cccc(NCc2ccnc(C(N)=NO)c2)c1. The van der Waals surface area contributed by atoms with E-state index >= 15 is 0 Å². The van der Waals surface area contributed by atoms with Crippen molar-refractivity contribution in [2.45, 2.75) is 13.2 Å². The van der Waals surface area contributed by atoms with Gasteiger partial charge in [-0.1, -0.05) is 17.3 Å². The normalized spacial score (nSPS) is 11.4. The second-order valence-corrected chi connectivity index (χ2v) is 4.52. The number of pyridine rings is 1. The van der Waals surface area contributed by atoms with Crippen LogP contribution in [0.25, 0.3) is 0 Å². The number of nitrogens with zero attached hydrogens (tertiary/aromatic N) is 2. The zero-order chi connectivity index (χ0) is 15.1. The standard InChI is InChI=1S/C15H18N4O2/c1-21-10-12-3-2-4-13(7-12)18-9-11-5-6-17-14(8-11)15(16)19-20/h2-8,18,20H,9-10H2,1H3,(H2,16,19). The number of benzene rings is 1.